The Morgan fingerprint density at radius 2 is 1.84 bits per heavy atom. The molecule has 0 saturated heterocycles. The molecule has 0 aliphatic carbocycles. The summed E-state index contributed by atoms with van der Waals surface area (Å²) in [6.07, 6.45) is 0. The maximum atomic E-state index is 8.30. The maximum absolute atomic E-state index is 8.30. The molecule has 0 atom stereocenters. The average molecular weight is 274 g/mol. The van der Waals surface area contributed by atoms with E-state index in [1.165, 1.54) is 0 Å². The molecule has 19 heavy (non-hydrogen) atoms. The van der Waals surface area contributed by atoms with Crippen LogP contribution in [0.15, 0.2) is 42.5 Å². The molecule has 2 aromatic carbocycles. The fourth-order valence-electron chi connectivity index (χ4n) is 1.98. The molecule has 0 fully saturated rings. The zero-order valence-electron chi connectivity index (χ0n) is 11.0. The fraction of sp³-hybridized carbons (Fsp3) is 0.188. The minimum Gasteiger partial charge on any atom is -0.494 e. The Morgan fingerprint density at radius 1 is 1.16 bits per heavy atom. The molecule has 0 aliphatic heterocycles. The van der Waals surface area contributed by atoms with Crippen LogP contribution in [0, 0.1) is 12.3 Å². The lowest BCUT2D eigenvalue weighted by molar-refractivity contribution is 0.340. The third-order valence-corrected chi connectivity index (χ3v) is 3.24. The number of hydrogen-bond acceptors (Lipinski definition) is 2. The van der Waals surface area contributed by atoms with Gasteiger partial charge in [-0.3, -0.25) is 5.41 Å². The number of halogens is 1. The van der Waals surface area contributed by atoms with Crippen LogP contribution in [0.3, 0.4) is 0 Å². The summed E-state index contributed by atoms with van der Waals surface area (Å²) in [5.74, 6) is 0.815. The molecule has 0 aliphatic rings. The Balaban J connectivity index is 2.34. The lowest BCUT2D eigenvalue weighted by Crippen LogP contribution is -2.04. The quantitative estimate of drug-likeness (QED) is 0.820. The number of ether oxygens (including phenoxy) is 1. The predicted octanol–water partition coefficient (Wildman–Crippen LogP) is 4.46. The van der Waals surface area contributed by atoms with Crippen LogP contribution in [0.4, 0.5) is 0 Å². The number of rotatable bonds is 4. The number of benzene rings is 2. The Kier molecular flexibility index (Phi) is 4.23. The first-order valence-corrected chi connectivity index (χ1v) is 6.58. The first-order valence-electron chi connectivity index (χ1n) is 6.20. The Labute approximate surface area is 118 Å². The van der Waals surface area contributed by atoms with Crippen molar-refractivity contribution < 1.29 is 4.74 Å². The third-order valence-electron chi connectivity index (χ3n) is 2.93. The van der Waals surface area contributed by atoms with Crippen LogP contribution in [0.2, 0.25) is 5.02 Å². The smallest absolute Gasteiger partial charge is 0.119 e. The van der Waals surface area contributed by atoms with Crippen LogP contribution >= 0.6 is 11.6 Å². The van der Waals surface area contributed by atoms with Gasteiger partial charge in [-0.2, -0.15) is 0 Å². The first-order chi connectivity index (χ1) is 9.13. The van der Waals surface area contributed by atoms with E-state index >= 15 is 0 Å². The zero-order valence-corrected chi connectivity index (χ0v) is 11.8. The molecule has 2 aromatic rings. The fourth-order valence-corrected chi connectivity index (χ4v) is 2.29. The maximum Gasteiger partial charge on any atom is 0.119 e. The van der Waals surface area contributed by atoms with Crippen LogP contribution in [-0.4, -0.2) is 12.3 Å². The molecule has 0 unspecified atom stereocenters. The van der Waals surface area contributed by atoms with Gasteiger partial charge in [0, 0.05) is 11.1 Å². The van der Waals surface area contributed by atoms with Gasteiger partial charge in [-0.05, 0) is 49.7 Å². The molecule has 3 heteroatoms. The SMILES string of the molecule is CCOc1ccc(C(=N)c2c(C)cccc2Cl)cc1. The molecule has 0 amide bonds. The van der Waals surface area contributed by atoms with Crippen molar-refractivity contribution in [2.75, 3.05) is 6.61 Å². The van der Waals surface area contributed by atoms with Crippen molar-refractivity contribution in [3.63, 3.8) is 0 Å². The van der Waals surface area contributed by atoms with Gasteiger partial charge in [0.25, 0.3) is 0 Å². The van der Waals surface area contributed by atoms with Crippen LogP contribution in [0.1, 0.15) is 23.6 Å². The summed E-state index contributed by atoms with van der Waals surface area (Å²) in [6, 6.07) is 13.2. The van der Waals surface area contributed by atoms with Gasteiger partial charge in [-0.25, -0.2) is 0 Å². The molecule has 0 bridgehead atoms. The van der Waals surface area contributed by atoms with Gasteiger partial charge in [-0.15, -0.1) is 0 Å². The van der Waals surface area contributed by atoms with Crippen LogP contribution in [0.25, 0.3) is 0 Å². The Hall–Kier alpha value is -1.80. The summed E-state index contributed by atoms with van der Waals surface area (Å²) < 4.78 is 5.40. The lowest BCUT2D eigenvalue weighted by atomic mass is 9.98. The summed E-state index contributed by atoms with van der Waals surface area (Å²) in [5, 5.41) is 8.91. The number of nitrogens with one attached hydrogen (secondary N) is 1. The van der Waals surface area contributed by atoms with Gasteiger partial charge in [0.2, 0.25) is 0 Å². The van der Waals surface area contributed by atoms with Crippen molar-refractivity contribution in [3.05, 3.63) is 64.2 Å². The van der Waals surface area contributed by atoms with Gasteiger partial charge in [-0.1, -0.05) is 23.7 Å². The van der Waals surface area contributed by atoms with Crippen LogP contribution in [0.5, 0.6) is 5.75 Å². The van der Waals surface area contributed by atoms with Crippen molar-refractivity contribution >= 4 is 17.3 Å². The van der Waals surface area contributed by atoms with E-state index < -0.39 is 0 Å². The summed E-state index contributed by atoms with van der Waals surface area (Å²) >= 11 is 6.19. The monoisotopic (exact) mass is 273 g/mol. The Bertz CT molecular complexity index is 570. The minimum absolute atomic E-state index is 0.436. The van der Waals surface area contributed by atoms with Crippen molar-refractivity contribution in [1.82, 2.24) is 0 Å². The molecule has 2 nitrogen and oxygen atoms in total. The highest BCUT2D eigenvalue weighted by atomic mass is 35.5. The topological polar surface area (TPSA) is 33.1 Å². The molecule has 0 spiro atoms. The van der Waals surface area contributed by atoms with Gasteiger partial charge >= 0.3 is 0 Å². The second kappa shape index (κ2) is 5.89. The summed E-state index contributed by atoms with van der Waals surface area (Å²) in [4.78, 5) is 0. The van der Waals surface area contributed by atoms with E-state index in [-0.39, 0.29) is 0 Å². The van der Waals surface area contributed by atoms with E-state index in [4.69, 9.17) is 21.7 Å². The summed E-state index contributed by atoms with van der Waals surface area (Å²) in [7, 11) is 0. The Morgan fingerprint density at radius 3 is 2.42 bits per heavy atom. The van der Waals surface area contributed by atoms with Crippen molar-refractivity contribution in [2.24, 2.45) is 0 Å². The second-order valence-electron chi connectivity index (χ2n) is 4.26. The molecule has 1 N–H and O–H groups in total. The second-order valence-corrected chi connectivity index (χ2v) is 4.67. The van der Waals surface area contributed by atoms with Crippen molar-refractivity contribution in [1.29, 1.82) is 5.41 Å². The summed E-state index contributed by atoms with van der Waals surface area (Å²) in [6.45, 7) is 4.55. The molecule has 98 valence electrons. The van der Waals surface area contributed by atoms with Gasteiger partial charge < -0.3 is 4.74 Å². The molecule has 0 saturated carbocycles. The van der Waals surface area contributed by atoms with Crippen molar-refractivity contribution in [2.45, 2.75) is 13.8 Å². The van der Waals surface area contributed by atoms with E-state index in [2.05, 4.69) is 0 Å². The van der Waals surface area contributed by atoms with Gasteiger partial charge in [0.05, 0.1) is 17.3 Å². The normalized spacial score (nSPS) is 10.3. The highest BCUT2D eigenvalue weighted by molar-refractivity contribution is 6.35. The van der Waals surface area contributed by atoms with Gasteiger partial charge in [0.15, 0.2) is 0 Å². The molecular weight excluding hydrogens is 258 g/mol. The molecule has 2 rings (SSSR count). The summed E-state index contributed by atoms with van der Waals surface area (Å²) in [5.41, 5.74) is 3.06. The van der Waals surface area contributed by atoms with Crippen molar-refractivity contribution in [3.8, 4) is 5.75 Å². The van der Waals surface area contributed by atoms with E-state index in [0.717, 1.165) is 22.4 Å². The van der Waals surface area contributed by atoms with Crippen LogP contribution < -0.4 is 4.74 Å². The molecule has 0 aromatic heterocycles. The number of hydrogen-bond donors (Lipinski definition) is 1. The largest absolute Gasteiger partial charge is 0.494 e. The van der Waals surface area contributed by atoms with Gasteiger partial charge in [0.1, 0.15) is 5.75 Å². The standard InChI is InChI=1S/C16H16ClNO/c1-3-19-13-9-7-12(8-10-13)16(18)15-11(2)5-4-6-14(15)17/h4-10,18H,3H2,1-2H3. The number of aryl methyl sites for hydroxylation is 1. The minimum atomic E-state index is 0.436. The zero-order chi connectivity index (χ0) is 13.8. The van der Waals surface area contributed by atoms with Crippen LogP contribution in [-0.2, 0) is 0 Å². The van der Waals surface area contributed by atoms with E-state index in [1.807, 2.05) is 56.3 Å². The molecule has 0 radical (unpaired) electrons. The lowest BCUT2D eigenvalue weighted by Gasteiger charge is -2.11. The third kappa shape index (κ3) is 2.96. The first kappa shape index (κ1) is 13.6. The van der Waals surface area contributed by atoms with E-state index in [1.54, 1.807) is 0 Å². The van der Waals surface area contributed by atoms with E-state index in [9.17, 15) is 0 Å². The van der Waals surface area contributed by atoms with E-state index in [0.29, 0.717) is 17.3 Å². The average Bonchev–Trinajstić information content (AvgIpc) is 2.39. The highest BCUT2D eigenvalue weighted by Gasteiger charge is 2.11. The highest BCUT2D eigenvalue weighted by Crippen LogP contribution is 2.23. The molecular formula is C16H16ClNO. The molecule has 0 heterocycles. The predicted molar refractivity (Wildman–Crippen MR) is 79.7 cm³/mol.